The van der Waals surface area contributed by atoms with Crippen LogP contribution in [0.1, 0.15) is 37.5 Å². The molecule has 112 valence electrons. The van der Waals surface area contributed by atoms with Gasteiger partial charge in [0.15, 0.2) is 0 Å². The zero-order valence-electron chi connectivity index (χ0n) is 12.7. The van der Waals surface area contributed by atoms with Gasteiger partial charge in [0.25, 0.3) is 10.0 Å². The first kappa shape index (κ1) is 16.5. The van der Waals surface area contributed by atoms with Crippen LogP contribution in [0.15, 0.2) is 17.0 Å². The zero-order chi connectivity index (χ0) is 15.7. The van der Waals surface area contributed by atoms with Crippen molar-refractivity contribution in [2.45, 2.75) is 52.0 Å². The van der Waals surface area contributed by atoms with Gasteiger partial charge in [-0.15, -0.1) is 0 Å². The van der Waals surface area contributed by atoms with E-state index in [9.17, 15) is 13.2 Å². The van der Waals surface area contributed by atoms with E-state index in [-0.39, 0.29) is 4.90 Å². The molecule has 6 heteroatoms. The lowest BCUT2D eigenvalue weighted by molar-refractivity contribution is 0.0570. The van der Waals surface area contributed by atoms with Gasteiger partial charge < -0.3 is 4.74 Å². The van der Waals surface area contributed by atoms with Gasteiger partial charge in [-0.25, -0.2) is 17.9 Å². The van der Waals surface area contributed by atoms with Crippen LogP contribution in [0.25, 0.3) is 0 Å². The number of aryl methyl sites for hydroxylation is 3. The molecule has 0 aliphatic rings. The van der Waals surface area contributed by atoms with E-state index in [1.165, 1.54) is 0 Å². The number of hydrogen-bond donors (Lipinski definition) is 1. The largest absolute Gasteiger partial charge is 0.443 e. The summed E-state index contributed by atoms with van der Waals surface area (Å²) in [5, 5.41) is 0. The lowest BCUT2D eigenvalue weighted by Gasteiger charge is -2.20. The van der Waals surface area contributed by atoms with Gasteiger partial charge in [-0.1, -0.05) is 17.7 Å². The number of sulfonamides is 1. The van der Waals surface area contributed by atoms with Crippen LogP contribution < -0.4 is 4.72 Å². The molecule has 0 radical (unpaired) electrons. The molecule has 1 aromatic carbocycles. The highest BCUT2D eigenvalue weighted by atomic mass is 32.2. The second kappa shape index (κ2) is 5.44. The Labute approximate surface area is 120 Å². The number of carbonyl (C=O) groups excluding carboxylic acids is 1. The van der Waals surface area contributed by atoms with E-state index in [1.807, 2.05) is 11.6 Å². The molecule has 1 aromatic rings. The van der Waals surface area contributed by atoms with Crippen LogP contribution in [-0.2, 0) is 14.8 Å². The van der Waals surface area contributed by atoms with Gasteiger partial charge in [-0.3, -0.25) is 0 Å². The Balaban J connectivity index is 3.10. The van der Waals surface area contributed by atoms with Crippen molar-refractivity contribution in [1.82, 2.24) is 4.72 Å². The van der Waals surface area contributed by atoms with Crippen molar-refractivity contribution in [2.75, 3.05) is 0 Å². The maximum Gasteiger partial charge on any atom is 0.421 e. The van der Waals surface area contributed by atoms with Crippen LogP contribution in [0.3, 0.4) is 0 Å². The minimum Gasteiger partial charge on any atom is -0.443 e. The summed E-state index contributed by atoms with van der Waals surface area (Å²) in [7, 11) is -3.93. The smallest absolute Gasteiger partial charge is 0.421 e. The molecule has 0 saturated carbocycles. The lowest BCUT2D eigenvalue weighted by atomic mass is 10.1. The van der Waals surface area contributed by atoms with E-state index in [2.05, 4.69) is 0 Å². The lowest BCUT2D eigenvalue weighted by Crippen LogP contribution is -2.36. The van der Waals surface area contributed by atoms with E-state index in [4.69, 9.17) is 4.74 Å². The quantitative estimate of drug-likeness (QED) is 0.911. The summed E-state index contributed by atoms with van der Waals surface area (Å²) in [6, 6.07) is 3.52. The Morgan fingerprint density at radius 1 is 1.10 bits per heavy atom. The van der Waals surface area contributed by atoms with E-state index in [0.29, 0.717) is 11.1 Å². The number of ether oxygens (including phenoxy) is 1. The van der Waals surface area contributed by atoms with Crippen molar-refractivity contribution in [2.24, 2.45) is 0 Å². The molecule has 0 saturated heterocycles. The number of nitrogens with one attached hydrogen (secondary N) is 1. The molecule has 1 rings (SSSR count). The molecule has 0 bridgehead atoms. The fraction of sp³-hybridized carbons (Fsp3) is 0.500. The van der Waals surface area contributed by atoms with Crippen molar-refractivity contribution in [3.8, 4) is 0 Å². The average molecular weight is 299 g/mol. The Morgan fingerprint density at radius 3 is 1.95 bits per heavy atom. The van der Waals surface area contributed by atoms with Gasteiger partial charge in [-0.2, -0.15) is 0 Å². The van der Waals surface area contributed by atoms with Gasteiger partial charge in [-0.05, 0) is 52.7 Å². The summed E-state index contributed by atoms with van der Waals surface area (Å²) in [6.45, 7) is 10.3. The van der Waals surface area contributed by atoms with Gasteiger partial charge in [0.05, 0.1) is 4.90 Å². The summed E-state index contributed by atoms with van der Waals surface area (Å²) < 4.78 is 31.4. The summed E-state index contributed by atoms with van der Waals surface area (Å²) in [6.07, 6.45) is -0.975. The topological polar surface area (TPSA) is 72.5 Å². The molecule has 1 amide bonds. The van der Waals surface area contributed by atoms with Crippen LogP contribution in [0.4, 0.5) is 4.79 Å². The molecule has 20 heavy (non-hydrogen) atoms. The Morgan fingerprint density at radius 2 is 1.55 bits per heavy atom. The molecule has 0 aliphatic heterocycles. The van der Waals surface area contributed by atoms with Gasteiger partial charge in [0, 0.05) is 0 Å². The van der Waals surface area contributed by atoms with Crippen molar-refractivity contribution >= 4 is 16.1 Å². The Bertz CT molecular complexity index is 604. The predicted octanol–water partition coefficient (Wildman–Crippen LogP) is 2.83. The minimum atomic E-state index is -3.93. The monoisotopic (exact) mass is 299 g/mol. The zero-order valence-corrected chi connectivity index (χ0v) is 13.5. The first-order chi connectivity index (χ1) is 8.92. The molecule has 0 spiro atoms. The van der Waals surface area contributed by atoms with Crippen LogP contribution in [-0.4, -0.2) is 20.1 Å². The van der Waals surface area contributed by atoms with Crippen molar-refractivity contribution < 1.29 is 17.9 Å². The molecular weight excluding hydrogens is 278 g/mol. The maximum absolute atomic E-state index is 12.3. The first-order valence-electron chi connectivity index (χ1n) is 6.26. The molecule has 0 unspecified atom stereocenters. The molecule has 0 fully saturated rings. The molecular formula is C14H21NO4S. The molecule has 0 atom stereocenters. The molecule has 0 aliphatic carbocycles. The highest BCUT2D eigenvalue weighted by Gasteiger charge is 2.25. The second-order valence-electron chi connectivity index (χ2n) is 5.84. The SMILES string of the molecule is Cc1cc(C)c(S(=O)(=O)NC(=O)OC(C)(C)C)c(C)c1. The van der Waals surface area contributed by atoms with Gasteiger partial charge in [0.2, 0.25) is 0 Å². The van der Waals surface area contributed by atoms with Crippen molar-refractivity contribution in [1.29, 1.82) is 0 Å². The summed E-state index contributed by atoms with van der Waals surface area (Å²) in [4.78, 5) is 11.7. The summed E-state index contributed by atoms with van der Waals surface area (Å²) in [5.74, 6) is 0. The number of amides is 1. The fourth-order valence-electron chi connectivity index (χ4n) is 2.05. The predicted molar refractivity (Wildman–Crippen MR) is 77.2 cm³/mol. The molecule has 0 aromatic heterocycles. The number of hydrogen-bond acceptors (Lipinski definition) is 4. The van der Waals surface area contributed by atoms with Crippen LogP contribution >= 0.6 is 0 Å². The third-order valence-electron chi connectivity index (χ3n) is 2.49. The molecule has 0 heterocycles. The van der Waals surface area contributed by atoms with E-state index >= 15 is 0 Å². The number of benzene rings is 1. The standard InChI is InChI=1S/C14H21NO4S/c1-9-7-10(2)12(11(3)8-9)20(17,18)15-13(16)19-14(4,5)6/h7-8H,1-6H3,(H,15,16). The molecule has 5 nitrogen and oxygen atoms in total. The Kier molecular flexibility index (Phi) is 4.49. The maximum atomic E-state index is 12.3. The molecule has 1 N–H and O–H groups in total. The summed E-state index contributed by atoms with van der Waals surface area (Å²) in [5.41, 5.74) is 1.41. The van der Waals surface area contributed by atoms with Crippen molar-refractivity contribution in [3.63, 3.8) is 0 Å². The van der Waals surface area contributed by atoms with Gasteiger partial charge >= 0.3 is 6.09 Å². The third-order valence-corrected chi connectivity index (χ3v) is 4.11. The van der Waals surface area contributed by atoms with Crippen molar-refractivity contribution in [3.05, 3.63) is 28.8 Å². The highest BCUT2D eigenvalue weighted by molar-refractivity contribution is 7.90. The first-order valence-corrected chi connectivity index (χ1v) is 7.74. The van der Waals surface area contributed by atoms with Crippen LogP contribution in [0.5, 0.6) is 0 Å². The second-order valence-corrected chi connectivity index (χ2v) is 7.45. The average Bonchev–Trinajstić information content (AvgIpc) is 2.08. The summed E-state index contributed by atoms with van der Waals surface area (Å²) >= 11 is 0. The fourth-order valence-corrected chi connectivity index (χ4v) is 3.38. The van der Waals surface area contributed by atoms with Gasteiger partial charge in [0.1, 0.15) is 5.60 Å². The minimum absolute atomic E-state index is 0.119. The highest BCUT2D eigenvalue weighted by Crippen LogP contribution is 2.21. The van der Waals surface area contributed by atoms with Crippen LogP contribution in [0, 0.1) is 20.8 Å². The third kappa shape index (κ3) is 4.23. The van der Waals surface area contributed by atoms with Crippen LogP contribution in [0.2, 0.25) is 0 Å². The van der Waals surface area contributed by atoms with E-state index in [0.717, 1.165) is 5.56 Å². The normalized spacial score (nSPS) is 12.1. The number of rotatable bonds is 2. The number of carbonyl (C=O) groups is 1. The van der Waals surface area contributed by atoms with E-state index in [1.54, 1.807) is 46.8 Å². The van der Waals surface area contributed by atoms with E-state index < -0.39 is 21.7 Å². The Hall–Kier alpha value is -1.56.